The molecule has 1 aromatic heterocycles. The second-order valence-electron chi connectivity index (χ2n) is 5.95. The van der Waals surface area contributed by atoms with Crippen LogP contribution >= 0.6 is 11.3 Å². The van der Waals surface area contributed by atoms with E-state index in [9.17, 15) is 4.79 Å². The number of aromatic nitrogens is 1. The summed E-state index contributed by atoms with van der Waals surface area (Å²) >= 11 is 1.40. The van der Waals surface area contributed by atoms with Crippen LogP contribution in [0.4, 0.5) is 5.69 Å². The van der Waals surface area contributed by atoms with Crippen LogP contribution in [-0.4, -0.2) is 18.1 Å². The van der Waals surface area contributed by atoms with Gasteiger partial charge in [0.2, 0.25) is 0 Å². The molecule has 0 aliphatic heterocycles. The Hall–Kier alpha value is -1.88. The summed E-state index contributed by atoms with van der Waals surface area (Å²) in [5.74, 6) is -0.319. The Kier molecular flexibility index (Phi) is 4.32. The number of carbonyl (C=O) groups is 1. The van der Waals surface area contributed by atoms with Crippen LogP contribution in [0.15, 0.2) is 24.3 Å². The van der Waals surface area contributed by atoms with Crippen molar-refractivity contribution in [3.05, 3.63) is 45.4 Å². The molecule has 1 aromatic carbocycles. The van der Waals surface area contributed by atoms with Crippen LogP contribution in [0.5, 0.6) is 0 Å². The van der Waals surface area contributed by atoms with Crippen molar-refractivity contribution >= 4 is 23.0 Å². The highest BCUT2D eigenvalue weighted by Gasteiger charge is 2.27. The lowest BCUT2D eigenvalue weighted by molar-refractivity contribution is 0.0603. The molecule has 0 aliphatic rings. The Bertz CT molecular complexity index is 639. The number of rotatable bonds is 3. The highest BCUT2D eigenvalue weighted by Crippen LogP contribution is 2.31. The van der Waals surface area contributed by atoms with Gasteiger partial charge in [0.05, 0.1) is 17.8 Å². The van der Waals surface area contributed by atoms with E-state index in [1.165, 1.54) is 18.4 Å². The number of ether oxygens (including phenoxy) is 1. The summed E-state index contributed by atoms with van der Waals surface area (Å²) in [6.07, 6.45) is 0.686. The third kappa shape index (κ3) is 3.61. The zero-order valence-electron chi connectivity index (χ0n) is 12.8. The second kappa shape index (κ2) is 5.85. The number of thiazole rings is 1. The molecule has 0 aliphatic carbocycles. The number of esters is 1. The van der Waals surface area contributed by atoms with Crippen LogP contribution < -0.4 is 5.73 Å². The molecule has 5 heteroatoms. The Balaban J connectivity index is 2.35. The van der Waals surface area contributed by atoms with Gasteiger partial charge >= 0.3 is 5.97 Å². The minimum atomic E-state index is -0.319. The lowest BCUT2D eigenvalue weighted by Gasteiger charge is -2.16. The maximum absolute atomic E-state index is 11.9. The normalized spacial score (nSPS) is 11.4. The number of hydrogen-bond donors (Lipinski definition) is 1. The first-order valence-electron chi connectivity index (χ1n) is 6.74. The van der Waals surface area contributed by atoms with Crippen LogP contribution in [0.2, 0.25) is 0 Å². The van der Waals surface area contributed by atoms with E-state index in [1.807, 2.05) is 45.0 Å². The molecule has 0 saturated heterocycles. The van der Waals surface area contributed by atoms with Crippen LogP contribution in [0.25, 0.3) is 0 Å². The summed E-state index contributed by atoms with van der Waals surface area (Å²) in [4.78, 5) is 17.2. The van der Waals surface area contributed by atoms with Gasteiger partial charge in [-0.3, -0.25) is 0 Å². The number of carbonyl (C=O) groups excluding carboxylic acids is 1. The van der Waals surface area contributed by atoms with E-state index in [2.05, 4.69) is 4.98 Å². The molecular weight excluding hydrogens is 284 g/mol. The number of methoxy groups -OCH3 is 1. The Morgan fingerprint density at radius 3 is 2.43 bits per heavy atom. The average Bonchev–Trinajstić information content (AvgIpc) is 2.84. The molecule has 0 saturated carbocycles. The van der Waals surface area contributed by atoms with Gasteiger partial charge in [0.25, 0.3) is 0 Å². The van der Waals surface area contributed by atoms with Crippen molar-refractivity contribution < 1.29 is 9.53 Å². The van der Waals surface area contributed by atoms with Crippen molar-refractivity contribution in [2.24, 2.45) is 0 Å². The fourth-order valence-corrected chi connectivity index (χ4v) is 3.22. The van der Waals surface area contributed by atoms with E-state index in [1.54, 1.807) is 0 Å². The van der Waals surface area contributed by atoms with Crippen LogP contribution in [0.1, 0.15) is 46.7 Å². The Morgan fingerprint density at radius 1 is 1.29 bits per heavy atom. The standard InChI is InChI=1S/C16H20N2O2S/c1-16(2,3)14-13(15(19)20-4)21-12(18-14)9-10-5-7-11(17)8-6-10/h5-8H,9,17H2,1-4H3. The average molecular weight is 304 g/mol. The van der Waals surface area contributed by atoms with Crippen LogP contribution in [0, 0.1) is 0 Å². The van der Waals surface area contributed by atoms with Gasteiger partial charge in [-0.05, 0) is 17.7 Å². The van der Waals surface area contributed by atoms with Crippen LogP contribution in [0.3, 0.4) is 0 Å². The molecule has 0 fully saturated rings. The van der Waals surface area contributed by atoms with E-state index in [0.29, 0.717) is 11.3 Å². The zero-order chi connectivity index (χ0) is 15.6. The molecule has 0 radical (unpaired) electrons. The first kappa shape index (κ1) is 15.5. The van der Waals surface area contributed by atoms with Crippen molar-refractivity contribution in [2.75, 3.05) is 12.8 Å². The summed E-state index contributed by atoms with van der Waals surface area (Å²) < 4.78 is 4.87. The van der Waals surface area contributed by atoms with Gasteiger partial charge in [0.1, 0.15) is 4.88 Å². The fourth-order valence-electron chi connectivity index (χ4n) is 1.99. The largest absolute Gasteiger partial charge is 0.465 e. The topological polar surface area (TPSA) is 65.2 Å². The van der Waals surface area contributed by atoms with E-state index in [0.717, 1.165) is 22.0 Å². The molecule has 112 valence electrons. The summed E-state index contributed by atoms with van der Waals surface area (Å²) in [7, 11) is 1.40. The summed E-state index contributed by atoms with van der Waals surface area (Å²) in [5, 5.41) is 0.907. The molecule has 21 heavy (non-hydrogen) atoms. The second-order valence-corrected chi connectivity index (χ2v) is 7.03. The van der Waals surface area contributed by atoms with Crippen molar-refractivity contribution in [3.63, 3.8) is 0 Å². The fraction of sp³-hybridized carbons (Fsp3) is 0.375. The number of nitrogens with two attached hydrogens (primary N) is 1. The third-order valence-corrected chi connectivity index (χ3v) is 4.12. The number of hydrogen-bond acceptors (Lipinski definition) is 5. The Morgan fingerprint density at radius 2 is 1.90 bits per heavy atom. The summed E-state index contributed by atoms with van der Waals surface area (Å²) in [5.41, 5.74) is 8.15. The molecule has 2 rings (SSSR count). The molecule has 1 heterocycles. The molecule has 0 spiro atoms. The number of benzene rings is 1. The highest BCUT2D eigenvalue weighted by atomic mass is 32.1. The summed E-state index contributed by atoms with van der Waals surface area (Å²) in [6.45, 7) is 6.13. The lowest BCUT2D eigenvalue weighted by Crippen LogP contribution is -2.16. The minimum Gasteiger partial charge on any atom is -0.465 e. The van der Waals surface area contributed by atoms with Gasteiger partial charge in [-0.15, -0.1) is 11.3 Å². The Labute approximate surface area is 129 Å². The number of nitrogen functional groups attached to an aromatic ring is 1. The number of nitrogens with zero attached hydrogens (tertiary/aromatic N) is 1. The van der Waals surface area contributed by atoms with E-state index in [-0.39, 0.29) is 11.4 Å². The van der Waals surface area contributed by atoms with Gasteiger partial charge in [0, 0.05) is 17.5 Å². The highest BCUT2D eigenvalue weighted by molar-refractivity contribution is 7.13. The summed E-state index contributed by atoms with van der Waals surface area (Å²) in [6, 6.07) is 7.69. The van der Waals surface area contributed by atoms with E-state index >= 15 is 0 Å². The molecule has 0 amide bonds. The van der Waals surface area contributed by atoms with Crippen molar-refractivity contribution in [1.29, 1.82) is 0 Å². The maximum atomic E-state index is 11.9. The van der Waals surface area contributed by atoms with Crippen molar-refractivity contribution in [3.8, 4) is 0 Å². The van der Waals surface area contributed by atoms with Gasteiger partial charge in [-0.25, -0.2) is 9.78 Å². The third-order valence-electron chi connectivity index (χ3n) is 3.09. The molecule has 4 nitrogen and oxygen atoms in total. The molecule has 2 aromatic rings. The van der Waals surface area contributed by atoms with Gasteiger partial charge in [0.15, 0.2) is 0 Å². The van der Waals surface area contributed by atoms with Gasteiger partial charge < -0.3 is 10.5 Å². The predicted octanol–water partition coefficient (Wildman–Crippen LogP) is 3.40. The minimum absolute atomic E-state index is 0.195. The molecular formula is C16H20N2O2S. The molecule has 0 bridgehead atoms. The van der Waals surface area contributed by atoms with Gasteiger partial charge in [-0.2, -0.15) is 0 Å². The monoisotopic (exact) mass is 304 g/mol. The van der Waals surface area contributed by atoms with E-state index in [4.69, 9.17) is 10.5 Å². The smallest absolute Gasteiger partial charge is 0.350 e. The lowest BCUT2D eigenvalue weighted by atomic mass is 9.91. The zero-order valence-corrected chi connectivity index (χ0v) is 13.6. The van der Waals surface area contributed by atoms with Crippen molar-refractivity contribution in [2.45, 2.75) is 32.6 Å². The SMILES string of the molecule is COC(=O)c1sc(Cc2ccc(N)cc2)nc1C(C)(C)C. The predicted molar refractivity (Wildman–Crippen MR) is 85.8 cm³/mol. The first-order valence-corrected chi connectivity index (χ1v) is 7.56. The van der Waals surface area contributed by atoms with Crippen molar-refractivity contribution in [1.82, 2.24) is 4.98 Å². The number of anilines is 1. The molecule has 0 unspecified atom stereocenters. The maximum Gasteiger partial charge on any atom is 0.350 e. The van der Waals surface area contributed by atoms with E-state index < -0.39 is 0 Å². The van der Waals surface area contributed by atoms with Crippen LogP contribution in [-0.2, 0) is 16.6 Å². The molecule has 0 atom stereocenters. The quantitative estimate of drug-likeness (QED) is 0.697. The first-order chi connectivity index (χ1) is 9.81. The van der Waals surface area contributed by atoms with Gasteiger partial charge in [-0.1, -0.05) is 32.9 Å². The molecule has 2 N–H and O–H groups in total.